The molecule has 0 fully saturated rings. The van der Waals surface area contributed by atoms with Crippen LogP contribution >= 0.6 is 12.2 Å². The van der Waals surface area contributed by atoms with Gasteiger partial charge in [-0.2, -0.15) is 0 Å². The van der Waals surface area contributed by atoms with Crippen molar-refractivity contribution in [2.24, 2.45) is 0 Å². The van der Waals surface area contributed by atoms with Crippen LogP contribution in [-0.2, 0) is 13.1 Å². The number of hydrogen-bond acceptors (Lipinski definition) is 2. The summed E-state index contributed by atoms with van der Waals surface area (Å²) in [6.07, 6.45) is 0. The fraction of sp³-hybridized carbons (Fsp3) is 0.238. The molecule has 0 amide bonds. The van der Waals surface area contributed by atoms with Crippen molar-refractivity contribution in [3.05, 3.63) is 81.6 Å². The molecular weight excluding hydrogens is 342 g/mol. The van der Waals surface area contributed by atoms with Crippen LogP contribution in [-0.4, -0.2) is 21.5 Å². The molecule has 0 aliphatic carbocycles. The molecule has 0 bridgehead atoms. The predicted molar refractivity (Wildman–Crippen MR) is 111 cm³/mol. The number of nitrogens with zero attached hydrogens (tertiary/aromatic N) is 1. The molecule has 3 rings (SSSR count). The van der Waals surface area contributed by atoms with E-state index < -0.39 is 0 Å². The van der Waals surface area contributed by atoms with Crippen LogP contribution < -0.4 is 10.9 Å². The van der Waals surface area contributed by atoms with Crippen LogP contribution in [0.5, 0.6) is 0 Å². The highest BCUT2D eigenvalue weighted by Crippen LogP contribution is 2.16. The molecule has 134 valence electrons. The third kappa shape index (κ3) is 4.11. The lowest BCUT2D eigenvalue weighted by Crippen LogP contribution is -2.39. The van der Waals surface area contributed by atoms with Gasteiger partial charge in [0, 0.05) is 18.7 Å². The Morgan fingerprint density at radius 2 is 1.88 bits per heavy atom. The molecule has 0 saturated heterocycles. The van der Waals surface area contributed by atoms with Gasteiger partial charge in [-0.3, -0.25) is 4.79 Å². The Morgan fingerprint density at radius 3 is 2.62 bits per heavy atom. The minimum atomic E-state index is -0.0656. The van der Waals surface area contributed by atoms with Gasteiger partial charge < -0.3 is 15.2 Å². The summed E-state index contributed by atoms with van der Waals surface area (Å²) in [5.74, 6) is 0. The molecule has 0 aliphatic rings. The minimum absolute atomic E-state index is 0.0656. The molecule has 4 nitrogen and oxygen atoms in total. The molecule has 0 saturated carbocycles. The van der Waals surface area contributed by atoms with Crippen molar-refractivity contribution in [1.29, 1.82) is 0 Å². The number of rotatable bonds is 5. The highest BCUT2D eigenvalue weighted by molar-refractivity contribution is 7.80. The van der Waals surface area contributed by atoms with Crippen LogP contribution in [0.1, 0.15) is 23.6 Å². The van der Waals surface area contributed by atoms with Crippen LogP contribution in [0.3, 0.4) is 0 Å². The lowest BCUT2D eigenvalue weighted by molar-refractivity contribution is 0.398. The van der Waals surface area contributed by atoms with E-state index in [2.05, 4.69) is 22.4 Å². The van der Waals surface area contributed by atoms with E-state index in [4.69, 9.17) is 12.2 Å². The normalized spacial score (nSPS) is 10.7. The molecule has 26 heavy (non-hydrogen) atoms. The number of aryl methyl sites for hydroxylation is 1. The molecule has 3 aromatic rings. The fourth-order valence-electron chi connectivity index (χ4n) is 3.02. The van der Waals surface area contributed by atoms with E-state index in [-0.39, 0.29) is 5.56 Å². The highest BCUT2D eigenvalue weighted by atomic mass is 32.1. The van der Waals surface area contributed by atoms with Gasteiger partial charge in [0.2, 0.25) is 0 Å². The van der Waals surface area contributed by atoms with Gasteiger partial charge in [0.1, 0.15) is 0 Å². The first-order valence-electron chi connectivity index (χ1n) is 8.76. The van der Waals surface area contributed by atoms with E-state index in [0.29, 0.717) is 23.8 Å². The summed E-state index contributed by atoms with van der Waals surface area (Å²) in [6.45, 7) is 5.87. The minimum Gasteiger partial charge on any atom is -0.363 e. The van der Waals surface area contributed by atoms with E-state index in [1.807, 2.05) is 61.2 Å². The molecular formula is C21H23N3OS. The Labute approximate surface area is 158 Å². The van der Waals surface area contributed by atoms with Crippen LogP contribution in [0.2, 0.25) is 0 Å². The second-order valence-electron chi connectivity index (χ2n) is 6.34. The molecule has 0 radical (unpaired) electrons. The smallest absolute Gasteiger partial charge is 0.253 e. The number of para-hydroxylation sites is 1. The third-order valence-electron chi connectivity index (χ3n) is 4.36. The van der Waals surface area contributed by atoms with Crippen molar-refractivity contribution < 1.29 is 0 Å². The van der Waals surface area contributed by atoms with Crippen molar-refractivity contribution in [2.75, 3.05) is 6.54 Å². The first-order valence-corrected chi connectivity index (χ1v) is 9.17. The quantitative estimate of drug-likeness (QED) is 0.677. The van der Waals surface area contributed by atoms with Gasteiger partial charge in [-0.25, -0.2) is 0 Å². The predicted octanol–water partition coefficient (Wildman–Crippen LogP) is 3.73. The molecule has 2 N–H and O–H groups in total. The van der Waals surface area contributed by atoms with E-state index in [1.165, 1.54) is 0 Å². The Hall–Kier alpha value is -2.66. The lowest BCUT2D eigenvalue weighted by Gasteiger charge is -2.25. The van der Waals surface area contributed by atoms with Crippen molar-refractivity contribution >= 4 is 28.2 Å². The molecule has 1 heterocycles. The molecule has 0 unspecified atom stereocenters. The summed E-state index contributed by atoms with van der Waals surface area (Å²) in [5, 5.41) is 4.89. The number of aromatic nitrogens is 1. The first-order chi connectivity index (χ1) is 12.6. The largest absolute Gasteiger partial charge is 0.363 e. The van der Waals surface area contributed by atoms with E-state index in [1.54, 1.807) is 0 Å². The lowest BCUT2D eigenvalue weighted by atomic mass is 10.1. The summed E-state index contributed by atoms with van der Waals surface area (Å²) in [5.41, 5.74) is 3.75. The fourth-order valence-corrected chi connectivity index (χ4v) is 3.29. The second-order valence-corrected chi connectivity index (χ2v) is 6.73. The number of hydrogen-bond donors (Lipinski definition) is 2. The van der Waals surface area contributed by atoms with Gasteiger partial charge in [-0.05, 0) is 48.6 Å². The Kier molecular flexibility index (Phi) is 5.68. The number of nitrogens with one attached hydrogen (secondary N) is 2. The zero-order valence-corrected chi connectivity index (χ0v) is 15.9. The summed E-state index contributed by atoms with van der Waals surface area (Å²) in [6, 6.07) is 18.1. The van der Waals surface area contributed by atoms with Crippen LogP contribution in [0.25, 0.3) is 10.9 Å². The zero-order valence-electron chi connectivity index (χ0n) is 15.1. The van der Waals surface area contributed by atoms with E-state index >= 15 is 0 Å². The molecule has 2 aromatic carbocycles. The van der Waals surface area contributed by atoms with Gasteiger partial charge in [0.05, 0.1) is 12.1 Å². The van der Waals surface area contributed by atoms with E-state index in [0.717, 1.165) is 28.6 Å². The number of benzene rings is 2. The maximum Gasteiger partial charge on any atom is 0.253 e. The van der Waals surface area contributed by atoms with Gasteiger partial charge >= 0.3 is 0 Å². The number of thiocarbonyl (C=S) groups is 1. The van der Waals surface area contributed by atoms with Crippen LogP contribution in [0.15, 0.2) is 59.4 Å². The van der Waals surface area contributed by atoms with Crippen molar-refractivity contribution in [3.8, 4) is 0 Å². The van der Waals surface area contributed by atoms with E-state index in [9.17, 15) is 4.79 Å². The number of pyridine rings is 1. The standard InChI is InChI=1S/C21H23N3OS/c1-3-22-21(26)24(13-16-9-5-4-6-10-16)14-18-12-17-11-7-8-15(2)19(17)23-20(18)25/h4-12H,3,13-14H2,1-2H3,(H,22,26)(H,23,25). The maximum absolute atomic E-state index is 12.6. The average Bonchev–Trinajstić information content (AvgIpc) is 2.63. The summed E-state index contributed by atoms with van der Waals surface area (Å²) in [7, 11) is 0. The van der Waals surface area contributed by atoms with Gasteiger partial charge in [-0.15, -0.1) is 0 Å². The van der Waals surface area contributed by atoms with Gasteiger partial charge in [-0.1, -0.05) is 48.5 Å². The monoisotopic (exact) mass is 365 g/mol. The van der Waals surface area contributed by atoms with Crippen molar-refractivity contribution in [3.63, 3.8) is 0 Å². The average molecular weight is 366 g/mol. The number of fused-ring (bicyclic) bond motifs is 1. The second kappa shape index (κ2) is 8.15. The molecule has 0 aliphatic heterocycles. The summed E-state index contributed by atoms with van der Waals surface area (Å²) in [4.78, 5) is 17.7. The zero-order chi connectivity index (χ0) is 18.5. The molecule has 0 atom stereocenters. The SMILES string of the molecule is CCNC(=S)N(Cc1ccccc1)Cc1cc2cccc(C)c2[nH]c1=O. The topological polar surface area (TPSA) is 48.1 Å². The first kappa shape index (κ1) is 18.1. The van der Waals surface area contributed by atoms with Crippen molar-refractivity contribution in [2.45, 2.75) is 26.9 Å². The Bertz CT molecular complexity index is 966. The Morgan fingerprint density at radius 1 is 1.12 bits per heavy atom. The van der Waals surface area contributed by atoms with Gasteiger partial charge in [0.25, 0.3) is 5.56 Å². The number of aromatic amines is 1. The molecule has 1 aromatic heterocycles. The van der Waals surface area contributed by atoms with Crippen LogP contribution in [0.4, 0.5) is 0 Å². The van der Waals surface area contributed by atoms with Gasteiger partial charge in [0.15, 0.2) is 5.11 Å². The third-order valence-corrected chi connectivity index (χ3v) is 4.76. The summed E-state index contributed by atoms with van der Waals surface area (Å²) >= 11 is 5.54. The van der Waals surface area contributed by atoms with Crippen LogP contribution in [0, 0.1) is 6.92 Å². The Balaban J connectivity index is 1.93. The number of H-pyrrole nitrogens is 1. The molecule has 5 heteroatoms. The summed E-state index contributed by atoms with van der Waals surface area (Å²) < 4.78 is 0. The highest BCUT2D eigenvalue weighted by Gasteiger charge is 2.14. The molecule has 0 spiro atoms. The van der Waals surface area contributed by atoms with Crippen molar-refractivity contribution in [1.82, 2.24) is 15.2 Å². The maximum atomic E-state index is 12.6.